The standard InChI is InChI=1S/C30H33N5O2S.3ClH/c36-30(33-29-32-28(23-38-29)26-12-7-14-31-22-26)35(17-16-34-18-20-37-21-19-34)15-13-27(24-8-3-1-4-9-24)25-10-5-2-6-11-25;;;/h1-12,14,22-23,27H,13,15-21H2,(H,32,33,36);3*1H. The van der Waals surface area contributed by atoms with Gasteiger partial charge >= 0.3 is 6.03 Å². The van der Waals surface area contributed by atoms with Gasteiger partial charge in [-0.25, -0.2) is 9.78 Å². The van der Waals surface area contributed by atoms with Crippen LogP contribution >= 0.6 is 48.6 Å². The smallest absolute Gasteiger partial charge is 0.323 e. The third-order valence-electron chi connectivity index (χ3n) is 6.84. The van der Waals surface area contributed by atoms with Crippen molar-refractivity contribution in [2.45, 2.75) is 12.3 Å². The number of aromatic nitrogens is 2. The fourth-order valence-electron chi connectivity index (χ4n) is 4.73. The van der Waals surface area contributed by atoms with Gasteiger partial charge < -0.3 is 9.64 Å². The Balaban J connectivity index is 0.00000196. The number of ether oxygens (including phenoxy) is 1. The Bertz CT molecular complexity index is 1240. The molecule has 2 aromatic carbocycles. The molecule has 7 nitrogen and oxygen atoms in total. The number of hydrogen-bond donors (Lipinski definition) is 1. The minimum Gasteiger partial charge on any atom is -0.379 e. The fourth-order valence-corrected chi connectivity index (χ4v) is 5.44. The highest BCUT2D eigenvalue weighted by molar-refractivity contribution is 7.14. The van der Waals surface area contributed by atoms with Crippen LogP contribution in [0.25, 0.3) is 11.3 Å². The van der Waals surface area contributed by atoms with E-state index >= 15 is 0 Å². The Kier molecular flexibility index (Phi) is 15.1. The summed E-state index contributed by atoms with van der Waals surface area (Å²) in [5.41, 5.74) is 4.26. The molecular weight excluding hydrogens is 601 g/mol. The highest BCUT2D eigenvalue weighted by Crippen LogP contribution is 2.29. The summed E-state index contributed by atoms with van der Waals surface area (Å²) in [5, 5.41) is 5.59. The van der Waals surface area contributed by atoms with Crippen LogP contribution in [0, 0.1) is 0 Å². The minimum atomic E-state index is -0.120. The third kappa shape index (κ3) is 9.95. The molecule has 2 amide bonds. The molecule has 220 valence electrons. The molecule has 4 aromatic rings. The SMILES string of the molecule is Cl.Cl.Cl.O=C(Nc1nc(-c2cccnc2)cs1)N(CCC(c1ccccc1)c1ccccc1)CCN1CCOCC1. The number of carbonyl (C=O) groups excluding carboxylic acids is 1. The number of nitrogens with one attached hydrogen (secondary N) is 1. The molecule has 11 heteroatoms. The molecule has 1 saturated heterocycles. The summed E-state index contributed by atoms with van der Waals surface area (Å²) in [6.07, 6.45) is 4.34. The van der Waals surface area contributed by atoms with Gasteiger partial charge in [0, 0.05) is 62.0 Å². The number of benzene rings is 2. The highest BCUT2D eigenvalue weighted by atomic mass is 35.5. The zero-order chi connectivity index (χ0) is 26.0. The van der Waals surface area contributed by atoms with E-state index in [-0.39, 0.29) is 49.2 Å². The molecule has 0 unspecified atom stereocenters. The van der Waals surface area contributed by atoms with Crippen molar-refractivity contribution in [1.82, 2.24) is 19.8 Å². The lowest BCUT2D eigenvalue weighted by Crippen LogP contribution is -2.44. The van der Waals surface area contributed by atoms with Crippen molar-refractivity contribution in [2.24, 2.45) is 0 Å². The van der Waals surface area contributed by atoms with E-state index in [4.69, 9.17) is 4.74 Å². The van der Waals surface area contributed by atoms with Crippen LogP contribution in [0.2, 0.25) is 0 Å². The molecule has 1 aliphatic heterocycles. The molecule has 0 saturated carbocycles. The summed E-state index contributed by atoms with van der Waals surface area (Å²) in [6, 6.07) is 24.8. The van der Waals surface area contributed by atoms with E-state index in [0.29, 0.717) is 18.2 Å². The van der Waals surface area contributed by atoms with Crippen molar-refractivity contribution in [2.75, 3.05) is 51.3 Å². The summed E-state index contributed by atoms with van der Waals surface area (Å²) in [6.45, 7) is 5.37. The molecule has 1 N–H and O–H groups in total. The van der Waals surface area contributed by atoms with E-state index < -0.39 is 0 Å². The van der Waals surface area contributed by atoms with Crippen LogP contribution in [0.1, 0.15) is 23.5 Å². The summed E-state index contributed by atoms with van der Waals surface area (Å²) < 4.78 is 5.50. The van der Waals surface area contributed by atoms with Gasteiger partial charge in [-0.2, -0.15) is 0 Å². The second kappa shape index (κ2) is 18.0. The van der Waals surface area contributed by atoms with Crippen molar-refractivity contribution in [3.8, 4) is 11.3 Å². The number of morpholine rings is 1. The molecule has 1 fully saturated rings. The number of nitrogens with zero attached hydrogens (tertiary/aromatic N) is 4. The molecule has 2 aromatic heterocycles. The van der Waals surface area contributed by atoms with Gasteiger partial charge in [0.25, 0.3) is 0 Å². The van der Waals surface area contributed by atoms with Crippen LogP contribution in [0.4, 0.5) is 9.93 Å². The number of pyridine rings is 1. The van der Waals surface area contributed by atoms with E-state index in [1.807, 2.05) is 34.5 Å². The number of halogens is 3. The number of anilines is 1. The predicted molar refractivity (Wildman–Crippen MR) is 174 cm³/mol. The number of hydrogen-bond acceptors (Lipinski definition) is 6. The lowest BCUT2D eigenvalue weighted by Gasteiger charge is -2.31. The predicted octanol–water partition coefficient (Wildman–Crippen LogP) is 6.86. The molecule has 5 rings (SSSR count). The van der Waals surface area contributed by atoms with E-state index in [0.717, 1.165) is 50.5 Å². The summed E-state index contributed by atoms with van der Waals surface area (Å²) in [7, 11) is 0. The monoisotopic (exact) mass is 635 g/mol. The topological polar surface area (TPSA) is 70.6 Å². The number of rotatable bonds is 10. The molecule has 0 radical (unpaired) electrons. The molecule has 41 heavy (non-hydrogen) atoms. The van der Waals surface area contributed by atoms with Gasteiger partial charge in [-0.1, -0.05) is 60.7 Å². The zero-order valence-corrected chi connectivity index (χ0v) is 25.9. The van der Waals surface area contributed by atoms with Gasteiger partial charge in [0.1, 0.15) is 0 Å². The van der Waals surface area contributed by atoms with Gasteiger partial charge in [-0.05, 0) is 29.7 Å². The summed E-state index contributed by atoms with van der Waals surface area (Å²) >= 11 is 1.43. The molecule has 0 bridgehead atoms. The van der Waals surface area contributed by atoms with Gasteiger partial charge in [0.15, 0.2) is 5.13 Å². The van der Waals surface area contributed by atoms with E-state index in [1.54, 1.807) is 12.4 Å². The maximum Gasteiger partial charge on any atom is 0.323 e. The van der Waals surface area contributed by atoms with Gasteiger partial charge in [0.2, 0.25) is 0 Å². The van der Waals surface area contributed by atoms with Gasteiger partial charge in [0.05, 0.1) is 18.9 Å². The molecule has 1 aliphatic rings. The average Bonchev–Trinajstić information content (AvgIpc) is 3.45. The zero-order valence-electron chi connectivity index (χ0n) is 22.6. The Labute approximate surface area is 264 Å². The molecule has 0 atom stereocenters. The van der Waals surface area contributed by atoms with E-state index in [9.17, 15) is 4.79 Å². The number of urea groups is 1. The molecule has 0 spiro atoms. The average molecular weight is 637 g/mol. The maximum absolute atomic E-state index is 13.5. The van der Waals surface area contributed by atoms with E-state index in [2.05, 4.69) is 68.7 Å². The van der Waals surface area contributed by atoms with Crippen molar-refractivity contribution >= 4 is 59.7 Å². The first-order chi connectivity index (χ1) is 18.8. The first-order valence-electron chi connectivity index (χ1n) is 13.1. The quantitative estimate of drug-likeness (QED) is 0.206. The van der Waals surface area contributed by atoms with Crippen molar-refractivity contribution in [3.05, 3.63) is 102 Å². The van der Waals surface area contributed by atoms with Gasteiger partial charge in [-0.3, -0.25) is 15.2 Å². The lowest BCUT2D eigenvalue weighted by molar-refractivity contribution is 0.0351. The second-order valence-corrected chi connectivity index (χ2v) is 10.2. The normalized spacial score (nSPS) is 12.9. The van der Waals surface area contributed by atoms with Crippen molar-refractivity contribution < 1.29 is 9.53 Å². The molecule has 0 aliphatic carbocycles. The first kappa shape index (κ1) is 34.5. The number of amides is 2. The van der Waals surface area contributed by atoms with Crippen LogP contribution < -0.4 is 5.32 Å². The number of thiazole rings is 1. The van der Waals surface area contributed by atoms with Gasteiger partial charge in [-0.15, -0.1) is 48.6 Å². The summed E-state index contributed by atoms with van der Waals surface area (Å²) in [5.74, 6) is 0.202. The second-order valence-electron chi connectivity index (χ2n) is 9.31. The number of carbonyl (C=O) groups is 1. The van der Waals surface area contributed by atoms with Crippen molar-refractivity contribution in [3.63, 3.8) is 0 Å². The van der Waals surface area contributed by atoms with Crippen LogP contribution in [0.3, 0.4) is 0 Å². The molecular formula is C30H36Cl3N5O2S. The van der Waals surface area contributed by atoms with Crippen LogP contribution in [0.5, 0.6) is 0 Å². The van der Waals surface area contributed by atoms with Crippen LogP contribution in [-0.4, -0.2) is 71.7 Å². The minimum absolute atomic E-state index is 0. The third-order valence-corrected chi connectivity index (χ3v) is 7.60. The van der Waals surface area contributed by atoms with E-state index in [1.165, 1.54) is 22.5 Å². The largest absolute Gasteiger partial charge is 0.379 e. The van der Waals surface area contributed by atoms with Crippen LogP contribution in [-0.2, 0) is 4.74 Å². The fraction of sp³-hybridized carbons (Fsp3) is 0.300. The molecule has 3 heterocycles. The first-order valence-corrected chi connectivity index (χ1v) is 14.0. The highest BCUT2D eigenvalue weighted by Gasteiger charge is 2.21. The maximum atomic E-state index is 13.5. The lowest BCUT2D eigenvalue weighted by atomic mass is 9.88. The summed E-state index contributed by atoms with van der Waals surface area (Å²) in [4.78, 5) is 26.6. The Morgan fingerprint density at radius 2 is 1.59 bits per heavy atom. The van der Waals surface area contributed by atoms with Crippen molar-refractivity contribution in [1.29, 1.82) is 0 Å². The Hall–Kier alpha value is -2.72. The Morgan fingerprint density at radius 1 is 0.927 bits per heavy atom. The van der Waals surface area contributed by atoms with Crippen LogP contribution in [0.15, 0.2) is 90.6 Å². The Morgan fingerprint density at radius 3 is 2.20 bits per heavy atom.